The fourth-order valence-corrected chi connectivity index (χ4v) is 1.91. The molecule has 1 aromatic heterocycles. The Morgan fingerprint density at radius 3 is 2.63 bits per heavy atom. The number of benzene rings is 1. The van der Waals surface area contributed by atoms with Crippen LogP contribution < -0.4 is 9.47 Å². The minimum Gasteiger partial charge on any atom is -0.493 e. The average Bonchev–Trinajstić information content (AvgIpc) is 2.87. The van der Waals surface area contributed by atoms with Gasteiger partial charge in [-0.25, -0.2) is 4.79 Å². The summed E-state index contributed by atoms with van der Waals surface area (Å²) in [6.07, 6.45) is 0. The van der Waals surface area contributed by atoms with Crippen LogP contribution in [0.3, 0.4) is 0 Å². The first-order valence-corrected chi connectivity index (χ1v) is 5.57. The molecule has 0 bridgehead atoms. The van der Waals surface area contributed by atoms with Gasteiger partial charge in [0.15, 0.2) is 23.0 Å². The summed E-state index contributed by atoms with van der Waals surface area (Å²) in [7, 11) is 2.95. The summed E-state index contributed by atoms with van der Waals surface area (Å²) in [5.41, 5.74) is 0.278. The molecule has 0 saturated carbocycles. The van der Waals surface area contributed by atoms with Crippen molar-refractivity contribution in [1.82, 2.24) is 5.16 Å². The van der Waals surface area contributed by atoms with Gasteiger partial charge in [0.1, 0.15) is 0 Å². The quantitative estimate of drug-likeness (QED) is 0.929. The molecular formula is C12H10ClNO5. The minimum absolute atomic E-state index is 0.194. The van der Waals surface area contributed by atoms with Gasteiger partial charge in [-0.15, -0.1) is 0 Å². The van der Waals surface area contributed by atoms with Crippen molar-refractivity contribution in [3.8, 4) is 22.8 Å². The molecule has 0 fully saturated rings. The fraction of sp³-hybridized carbons (Fsp3) is 0.167. The van der Waals surface area contributed by atoms with E-state index in [2.05, 4.69) is 5.16 Å². The molecule has 0 aliphatic rings. The summed E-state index contributed by atoms with van der Waals surface area (Å²) < 4.78 is 15.2. The number of hydrogen-bond acceptors (Lipinski definition) is 5. The van der Waals surface area contributed by atoms with Crippen LogP contribution in [0.25, 0.3) is 11.3 Å². The lowest BCUT2D eigenvalue weighted by molar-refractivity contribution is 0.0686. The first-order valence-electron chi connectivity index (χ1n) is 5.19. The van der Waals surface area contributed by atoms with Crippen LogP contribution in [-0.4, -0.2) is 30.5 Å². The van der Waals surface area contributed by atoms with E-state index in [1.54, 1.807) is 12.1 Å². The molecule has 0 spiro atoms. The van der Waals surface area contributed by atoms with Crippen LogP contribution in [0, 0.1) is 0 Å². The molecule has 0 aliphatic carbocycles. The van der Waals surface area contributed by atoms with Crippen LogP contribution in [0.1, 0.15) is 10.5 Å². The van der Waals surface area contributed by atoms with E-state index < -0.39 is 5.97 Å². The van der Waals surface area contributed by atoms with E-state index in [-0.39, 0.29) is 16.5 Å². The van der Waals surface area contributed by atoms with E-state index in [4.69, 9.17) is 30.7 Å². The Morgan fingerprint density at radius 1 is 1.37 bits per heavy atom. The minimum atomic E-state index is -1.17. The highest BCUT2D eigenvalue weighted by atomic mass is 35.5. The van der Waals surface area contributed by atoms with Crippen molar-refractivity contribution in [2.75, 3.05) is 14.2 Å². The second kappa shape index (κ2) is 5.19. The van der Waals surface area contributed by atoms with Crippen molar-refractivity contribution in [1.29, 1.82) is 0 Å². The van der Waals surface area contributed by atoms with Crippen LogP contribution >= 0.6 is 11.6 Å². The van der Waals surface area contributed by atoms with Gasteiger partial charge >= 0.3 is 5.97 Å². The predicted molar refractivity (Wildman–Crippen MR) is 67.0 cm³/mol. The van der Waals surface area contributed by atoms with Crippen molar-refractivity contribution in [3.63, 3.8) is 0 Å². The highest BCUT2D eigenvalue weighted by Gasteiger charge is 2.19. The van der Waals surface area contributed by atoms with Crippen molar-refractivity contribution >= 4 is 17.6 Å². The lowest BCUT2D eigenvalue weighted by atomic mass is 10.1. The molecule has 1 aromatic carbocycles. The molecule has 100 valence electrons. The molecule has 2 rings (SSSR count). The lowest BCUT2D eigenvalue weighted by Crippen LogP contribution is -1.94. The van der Waals surface area contributed by atoms with E-state index in [9.17, 15) is 4.79 Å². The lowest BCUT2D eigenvalue weighted by Gasteiger charge is -2.10. The third-order valence-corrected chi connectivity index (χ3v) is 2.85. The molecular weight excluding hydrogens is 274 g/mol. The molecule has 1 heterocycles. The number of carbonyl (C=O) groups is 1. The zero-order valence-electron chi connectivity index (χ0n) is 10.1. The summed E-state index contributed by atoms with van der Waals surface area (Å²) in [5.74, 6) is -0.126. The maximum atomic E-state index is 10.8. The summed E-state index contributed by atoms with van der Waals surface area (Å²) in [5, 5.41) is 12.5. The molecule has 1 N–H and O–H groups in total. The predicted octanol–water partition coefficient (Wildman–Crippen LogP) is 2.71. The molecule has 0 unspecified atom stereocenters. The van der Waals surface area contributed by atoms with Crippen molar-refractivity contribution in [2.45, 2.75) is 0 Å². The Morgan fingerprint density at radius 2 is 2.11 bits per heavy atom. The summed E-state index contributed by atoms with van der Waals surface area (Å²) in [6, 6.07) is 4.56. The molecule has 2 aromatic rings. The highest BCUT2D eigenvalue weighted by molar-refractivity contribution is 6.35. The third kappa shape index (κ3) is 2.34. The number of carboxylic acids is 1. The molecule has 7 heteroatoms. The average molecular weight is 284 g/mol. The molecule has 0 aliphatic heterocycles. The standard InChI is InChI=1S/C12H10ClNO5/c1-17-8-4-3-6(10(13)11(8)18-2)9-5-7(12(15)16)14-19-9/h3-5H,1-2H3,(H,15,16). The Bertz CT molecular complexity index is 623. The second-order valence-corrected chi connectivity index (χ2v) is 3.92. The number of aromatic nitrogens is 1. The molecule has 0 radical (unpaired) electrons. The zero-order chi connectivity index (χ0) is 14.0. The zero-order valence-corrected chi connectivity index (χ0v) is 10.9. The van der Waals surface area contributed by atoms with Crippen molar-refractivity contribution in [2.24, 2.45) is 0 Å². The van der Waals surface area contributed by atoms with Gasteiger partial charge in [0.2, 0.25) is 0 Å². The fourth-order valence-electron chi connectivity index (χ4n) is 1.58. The Hall–Kier alpha value is -2.21. The highest BCUT2D eigenvalue weighted by Crippen LogP contribution is 2.41. The van der Waals surface area contributed by atoms with Gasteiger partial charge in [-0.1, -0.05) is 16.8 Å². The first kappa shape index (κ1) is 13.2. The van der Waals surface area contributed by atoms with Gasteiger partial charge in [0, 0.05) is 11.6 Å². The van der Waals surface area contributed by atoms with Crippen LogP contribution in [0.15, 0.2) is 22.7 Å². The Labute approximate surface area is 113 Å². The van der Waals surface area contributed by atoms with Crippen molar-refractivity contribution in [3.05, 3.63) is 28.9 Å². The number of nitrogens with zero attached hydrogens (tertiary/aromatic N) is 1. The molecule has 0 saturated heterocycles. The SMILES string of the molecule is COc1ccc(-c2cc(C(=O)O)no2)c(Cl)c1OC. The van der Waals surface area contributed by atoms with Gasteiger partial charge < -0.3 is 19.1 Å². The van der Waals surface area contributed by atoms with E-state index in [0.29, 0.717) is 17.1 Å². The molecule has 6 nitrogen and oxygen atoms in total. The third-order valence-electron chi connectivity index (χ3n) is 2.48. The summed E-state index contributed by atoms with van der Waals surface area (Å²) in [4.78, 5) is 10.8. The van der Waals surface area contributed by atoms with Gasteiger partial charge in [-0.05, 0) is 12.1 Å². The number of methoxy groups -OCH3 is 2. The Kier molecular flexibility index (Phi) is 3.62. The van der Waals surface area contributed by atoms with Crippen LogP contribution in [0.2, 0.25) is 5.02 Å². The van der Waals surface area contributed by atoms with E-state index in [1.807, 2.05) is 0 Å². The van der Waals surface area contributed by atoms with Crippen LogP contribution in [-0.2, 0) is 0 Å². The maximum Gasteiger partial charge on any atom is 0.358 e. The number of rotatable bonds is 4. The van der Waals surface area contributed by atoms with E-state index in [0.717, 1.165) is 0 Å². The van der Waals surface area contributed by atoms with E-state index >= 15 is 0 Å². The monoisotopic (exact) mass is 283 g/mol. The van der Waals surface area contributed by atoms with Crippen LogP contribution in [0.5, 0.6) is 11.5 Å². The first-order chi connectivity index (χ1) is 9.08. The summed E-state index contributed by atoms with van der Waals surface area (Å²) >= 11 is 6.18. The second-order valence-electron chi connectivity index (χ2n) is 3.54. The number of carboxylic acid groups (broad SMARTS) is 1. The maximum absolute atomic E-state index is 10.8. The molecule has 19 heavy (non-hydrogen) atoms. The summed E-state index contributed by atoms with van der Waals surface area (Å²) in [6.45, 7) is 0. The van der Waals surface area contributed by atoms with Gasteiger partial charge in [0.25, 0.3) is 0 Å². The number of aromatic carboxylic acids is 1. The largest absolute Gasteiger partial charge is 0.493 e. The van der Waals surface area contributed by atoms with Crippen molar-refractivity contribution < 1.29 is 23.9 Å². The topological polar surface area (TPSA) is 81.8 Å². The van der Waals surface area contributed by atoms with Gasteiger partial charge in [-0.3, -0.25) is 0 Å². The van der Waals surface area contributed by atoms with Crippen LogP contribution in [0.4, 0.5) is 0 Å². The normalized spacial score (nSPS) is 10.3. The molecule has 0 amide bonds. The van der Waals surface area contributed by atoms with Gasteiger partial charge in [-0.2, -0.15) is 0 Å². The van der Waals surface area contributed by atoms with Gasteiger partial charge in [0.05, 0.1) is 19.2 Å². The number of hydrogen-bond donors (Lipinski definition) is 1. The van der Waals surface area contributed by atoms with E-state index in [1.165, 1.54) is 20.3 Å². The number of halogens is 1. The molecule has 0 atom stereocenters. The number of ether oxygens (including phenoxy) is 2. The Balaban J connectivity index is 2.53. The smallest absolute Gasteiger partial charge is 0.358 e.